The molecule has 0 fully saturated rings. The fraction of sp³-hybridized carbons (Fsp3) is 0.538. The Bertz CT molecular complexity index is 298. The van der Waals surface area contributed by atoms with Crippen LogP contribution in [0.15, 0.2) is 24.3 Å². The predicted molar refractivity (Wildman–Crippen MR) is 64.2 cm³/mol. The molecule has 0 saturated heterocycles. The first-order chi connectivity index (χ1) is 7.20. The molecule has 2 atom stereocenters. The van der Waals surface area contributed by atoms with E-state index in [1.807, 2.05) is 12.1 Å². The van der Waals surface area contributed by atoms with E-state index in [1.165, 1.54) is 5.56 Å². The van der Waals surface area contributed by atoms with Crippen molar-refractivity contribution in [1.29, 1.82) is 0 Å². The third-order valence-electron chi connectivity index (χ3n) is 3.11. The predicted octanol–water partition coefficient (Wildman–Crippen LogP) is 2.78. The van der Waals surface area contributed by atoms with Crippen molar-refractivity contribution in [3.05, 3.63) is 29.8 Å². The molecule has 15 heavy (non-hydrogen) atoms. The van der Waals surface area contributed by atoms with Crippen LogP contribution in [0.25, 0.3) is 0 Å². The molecule has 0 radical (unpaired) electrons. The highest BCUT2D eigenvalue weighted by Gasteiger charge is 2.16. The van der Waals surface area contributed by atoms with Gasteiger partial charge in [0.2, 0.25) is 0 Å². The van der Waals surface area contributed by atoms with E-state index in [1.54, 1.807) is 7.11 Å². The molecule has 0 aromatic heterocycles. The van der Waals surface area contributed by atoms with Crippen LogP contribution < -0.4 is 10.5 Å². The molecule has 0 aliphatic rings. The Balaban J connectivity index is 2.84. The molecule has 1 aromatic rings. The molecule has 0 aliphatic carbocycles. The molecular weight excluding hydrogens is 186 g/mol. The largest absolute Gasteiger partial charge is 0.496 e. The Labute approximate surface area is 92.4 Å². The number of hydrogen-bond donors (Lipinski definition) is 1. The SMILES string of the molecule is COc1ccccc1C(C)C(C)CCN. The number of hydrogen-bond acceptors (Lipinski definition) is 2. The Morgan fingerprint density at radius 2 is 1.93 bits per heavy atom. The summed E-state index contributed by atoms with van der Waals surface area (Å²) in [6, 6.07) is 8.21. The highest BCUT2D eigenvalue weighted by Crippen LogP contribution is 2.32. The van der Waals surface area contributed by atoms with E-state index in [9.17, 15) is 0 Å². The van der Waals surface area contributed by atoms with Crippen molar-refractivity contribution < 1.29 is 4.74 Å². The summed E-state index contributed by atoms with van der Waals surface area (Å²) in [4.78, 5) is 0. The molecule has 0 saturated carbocycles. The van der Waals surface area contributed by atoms with E-state index in [0.717, 1.165) is 18.7 Å². The van der Waals surface area contributed by atoms with Crippen molar-refractivity contribution in [2.45, 2.75) is 26.2 Å². The second-order valence-electron chi connectivity index (χ2n) is 4.09. The zero-order chi connectivity index (χ0) is 11.3. The van der Waals surface area contributed by atoms with Crippen LogP contribution in [0.1, 0.15) is 31.7 Å². The second-order valence-corrected chi connectivity index (χ2v) is 4.09. The van der Waals surface area contributed by atoms with Crippen molar-refractivity contribution in [2.24, 2.45) is 11.7 Å². The lowest BCUT2D eigenvalue weighted by Crippen LogP contribution is -2.12. The van der Waals surface area contributed by atoms with Crippen LogP contribution in [0.2, 0.25) is 0 Å². The van der Waals surface area contributed by atoms with Crippen LogP contribution in [0.5, 0.6) is 5.75 Å². The number of methoxy groups -OCH3 is 1. The van der Waals surface area contributed by atoms with Gasteiger partial charge in [0.15, 0.2) is 0 Å². The number of ether oxygens (including phenoxy) is 1. The van der Waals surface area contributed by atoms with Crippen molar-refractivity contribution in [3.63, 3.8) is 0 Å². The molecule has 0 heterocycles. The smallest absolute Gasteiger partial charge is 0.122 e. The molecule has 0 amide bonds. The molecule has 1 rings (SSSR count). The first-order valence-corrected chi connectivity index (χ1v) is 5.53. The maximum atomic E-state index is 5.58. The van der Waals surface area contributed by atoms with Gasteiger partial charge in [-0.3, -0.25) is 0 Å². The Hall–Kier alpha value is -1.02. The van der Waals surface area contributed by atoms with Crippen molar-refractivity contribution in [3.8, 4) is 5.75 Å². The number of para-hydroxylation sites is 1. The standard InChI is InChI=1S/C13H21NO/c1-10(8-9-14)11(2)12-6-4-5-7-13(12)15-3/h4-7,10-11H,8-9,14H2,1-3H3. The minimum absolute atomic E-state index is 0.490. The van der Waals surface area contributed by atoms with Crippen LogP contribution in [0.4, 0.5) is 0 Å². The minimum Gasteiger partial charge on any atom is -0.496 e. The van der Waals surface area contributed by atoms with E-state index in [2.05, 4.69) is 26.0 Å². The Morgan fingerprint density at radius 1 is 1.27 bits per heavy atom. The van der Waals surface area contributed by atoms with Gasteiger partial charge in [-0.1, -0.05) is 32.0 Å². The lowest BCUT2D eigenvalue weighted by molar-refractivity contribution is 0.390. The fourth-order valence-electron chi connectivity index (χ4n) is 1.86. The summed E-state index contributed by atoms with van der Waals surface area (Å²) in [6.07, 6.45) is 1.05. The third kappa shape index (κ3) is 2.96. The van der Waals surface area contributed by atoms with Gasteiger partial charge in [-0.2, -0.15) is 0 Å². The summed E-state index contributed by atoms with van der Waals surface area (Å²) in [5.41, 5.74) is 6.86. The van der Waals surface area contributed by atoms with Crippen LogP contribution in [-0.4, -0.2) is 13.7 Å². The summed E-state index contributed by atoms with van der Waals surface area (Å²) in [6.45, 7) is 5.23. The average molecular weight is 207 g/mol. The molecular formula is C13H21NO. The molecule has 2 unspecified atom stereocenters. The van der Waals surface area contributed by atoms with Gasteiger partial charge in [-0.25, -0.2) is 0 Å². The van der Waals surface area contributed by atoms with Gasteiger partial charge in [-0.15, -0.1) is 0 Å². The van der Waals surface area contributed by atoms with Crippen LogP contribution >= 0.6 is 0 Å². The molecule has 2 heteroatoms. The maximum absolute atomic E-state index is 5.58. The Morgan fingerprint density at radius 3 is 2.53 bits per heavy atom. The summed E-state index contributed by atoms with van der Waals surface area (Å²) in [5, 5.41) is 0. The van der Waals surface area contributed by atoms with Crippen molar-refractivity contribution in [1.82, 2.24) is 0 Å². The van der Waals surface area contributed by atoms with E-state index in [4.69, 9.17) is 10.5 Å². The summed E-state index contributed by atoms with van der Waals surface area (Å²) >= 11 is 0. The van der Waals surface area contributed by atoms with Gasteiger partial charge in [0.1, 0.15) is 5.75 Å². The molecule has 0 spiro atoms. The minimum atomic E-state index is 0.490. The normalized spacial score (nSPS) is 14.7. The number of nitrogens with two attached hydrogens (primary N) is 1. The van der Waals surface area contributed by atoms with Crippen LogP contribution in [0, 0.1) is 5.92 Å². The van der Waals surface area contributed by atoms with E-state index >= 15 is 0 Å². The monoisotopic (exact) mass is 207 g/mol. The van der Waals surface area contributed by atoms with Gasteiger partial charge < -0.3 is 10.5 Å². The first-order valence-electron chi connectivity index (χ1n) is 5.53. The fourth-order valence-corrected chi connectivity index (χ4v) is 1.86. The van der Waals surface area contributed by atoms with E-state index < -0.39 is 0 Å². The van der Waals surface area contributed by atoms with E-state index in [0.29, 0.717) is 11.8 Å². The number of rotatable bonds is 5. The maximum Gasteiger partial charge on any atom is 0.122 e. The van der Waals surface area contributed by atoms with Gasteiger partial charge in [-0.05, 0) is 36.4 Å². The van der Waals surface area contributed by atoms with Crippen molar-refractivity contribution in [2.75, 3.05) is 13.7 Å². The van der Waals surface area contributed by atoms with Gasteiger partial charge in [0.25, 0.3) is 0 Å². The topological polar surface area (TPSA) is 35.2 Å². The average Bonchev–Trinajstić information content (AvgIpc) is 2.28. The summed E-state index contributed by atoms with van der Waals surface area (Å²) in [5.74, 6) is 2.06. The molecule has 0 bridgehead atoms. The molecule has 1 aromatic carbocycles. The number of benzene rings is 1. The highest BCUT2D eigenvalue weighted by atomic mass is 16.5. The van der Waals surface area contributed by atoms with Crippen LogP contribution in [-0.2, 0) is 0 Å². The quantitative estimate of drug-likeness (QED) is 0.805. The highest BCUT2D eigenvalue weighted by molar-refractivity contribution is 5.36. The van der Waals surface area contributed by atoms with Gasteiger partial charge in [0, 0.05) is 0 Å². The van der Waals surface area contributed by atoms with Crippen LogP contribution in [0.3, 0.4) is 0 Å². The summed E-state index contributed by atoms with van der Waals surface area (Å²) in [7, 11) is 1.72. The first kappa shape index (κ1) is 12.1. The Kier molecular flexibility index (Phi) is 4.63. The van der Waals surface area contributed by atoms with Gasteiger partial charge >= 0.3 is 0 Å². The third-order valence-corrected chi connectivity index (χ3v) is 3.11. The molecule has 2 N–H and O–H groups in total. The lowest BCUT2D eigenvalue weighted by atomic mass is 9.86. The lowest BCUT2D eigenvalue weighted by Gasteiger charge is -2.21. The van der Waals surface area contributed by atoms with E-state index in [-0.39, 0.29) is 0 Å². The zero-order valence-electron chi connectivity index (χ0n) is 9.86. The second kappa shape index (κ2) is 5.76. The van der Waals surface area contributed by atoms with Crippen molar-refractivity contribution >= 4 is 0 Å². The molecule has 0 aliphatic heterocycles. The molecule has 2 nitrogen and oxygen atoms in total. The zero-order valence-corrected chi connectivity index (χ0v) is 9.86. The molecule has 84 valence electrons. The van der Waals surface area contributed by atoms with Gasteiger partial charge in [0.05, 0.1) is 7.11 Å². The summed E-state index contributed by atoms with van der Waals surface area (Å²) < 4.78 is 5.36.